The highest BCUT2D eigenvalue weighted by Gasteiger charge is 2.22. The zero-order valence-electron chi connectivity index (χ0n) is 15.4. The number of ketones is 1. The van der Waals surface area contributed by atoms with Gasteiger partial charge >= 0.3 is 5.97 Å². The van der Waals surface area contributed by atoms with E-state index < -0.39 is 14.0 Å². The summed E-state index contributed by atoms with van der Waals surface area (Å²) in [6.07, 6.45) is 10.00. The van der Waals surface area contributed by atoms with Crippen molar-refractivity contribution in [3.05, 3.63) is 11.6 Å². The van der Waals surface area contributed by atoms with Gasteiger partial charge in [-0.2, -0.15) is 0 Å². The van der Waals surface area contributed by atoms with Gasteiger partial charge < -0.3 is 9.53 Å². The number of Topliss-reactive ketones (excluding diaryl/α,β-unsaturated/α-hetero) is 1. The van der Waals surface area contributed by atoms with Gasteiger partial charge in [-0.25, -0.2) is 4.79 Å². The van der Waals surface area contributed by atoms with Crippen LogP contribution < -0.4 is 0 Å². The van der Waals surface area contributed by atoms with Crippen LogP contribution in [0, 0.1) is 18.3 Å². The van der Waals surface area contributed by atoms with Gasteiger partial charge in [-0.05, 0) is 24.8 Å². The number of unbranched alkanes of at least 4 members (excludes halogenated alkanes) is 2. The lowest BCUT2D eigenvalue weighted by Gasteiger charge is -2.16. The summed E-state index contributed by atoms with van der Waals surface area (Å²) in [6, 6.07) is 0.860. The number of aldehydes is 1. The predicted octanol–water partition coefficient (Wildman–Crippen LogP) is 3.78. The van der Waals surface area contributed by atoms with Gasteiger partial charge in [-0.3, -0.25) is 4.79 Å². The van der Waals surface area contributed by atoms with Crippen molar-refractivity contribution in [2.24, 2.45) is 5.92 Å². The number of carbonyl (C=O) groups is 3. The molecule has 0 spiro atoms. The highest BCUT2D eigenvalue weighted by Crippen LogP contribution is 2.15. The zero-order chi connectivity index (χ0) is 18.6. The fraction of sp³-hybridized carbons (Fsp3) is 0.632. The lowest BCUT2D eigenvalue weighted by molar-refractivity contribution is -0.140. The minimum atomic E-state index is -1.30. The van der Waals surface area contributed by atoms with Crippen molar-refractivity contribution in [3.63, 3.8) is 0 Å². The van der Waals surface area contributed by atoms with Crippen LogP contribution in [0.1, 0.15) is 39.0 Å². The van der Waals surface area contributed by atoms with Gasteiger partial charge in [0.1, 0.15) is 6.29 Å². The van der Waals surface area contributed by atoms with Crippen LogP contribution in [0.4, 0.5) is 0 Å². The molecule has 0 radical (unpaired) electrons. The smallest absolute Gasteiger partial charge is 0.341 e. The highest BCUT2D eigenvalue weighted by atomic mass is 28.3. The maximum Gasteiger partial charge on any atom is 0.341 e. The van der Waals surface area contributed by atoms with Crippen LogP contribution in [0.5, 0.6) is 0 Å². The average Bonchev–Trinajstić information content (AvgIpc) is 2.45. The van der Waals surface area contributed by atoms with E-state index in [-0.39, 0.29) is 23.7 Å². The van der Waals surface area contributed by atoms with Crippen LogP contribution in [-0.4, -0.2) is 32.7 Å². The summed E-state index contributed by atoms with van der Waals surface area (Å²) >= 11 is 0. The monoisotopic (exact) mass is 350 g/mol. The molecule has 4 nitrogen and oxygen atoms in total. The first-order valence-corrected chi connectivity index (χ1v) is 12.2. The molecule has 134 valence electrons. The van der Waals surface area contributed by atoms with E-state index >= 15 is 0 Å². The van der Waals surface area contributed by atoms with Gasteiger partial charge in [0.05, 0.1) is 12.2 Å². The molecule has 0 saturated carbocycles. The topological polar surface area (TPSA) is 60.4 Å². The molecule has 0 aromatic heterocycles. The molecule has 0 bridgehead atoms. The van der Waals surface area contributed by atoms with Crippen molar-refractivity contribution in [2.45, 2.75) is 64.7 Å². The summed E-state index contributed by atoms with van der Waals surface area (Å²) in [5.41, 5.74) is 0.0975. The highest BCUT2D eigenvalue weighted by molar-refractivity contribution is 6.76. The Morgan fingerprint density at radius 3 is 2.50 bits per heavy atom. The maximum atomic E-state index is 12.4. The molecule has 0 N–H and O–H groups in total. The Morgan fingerprint density at radius 2 is 1.96 bits per heavy atom. The van der Waals surface area contributed by atoms with Crippen molar-refractivity contribution >= 4 is 26.1 Å². The third-order valence-electron chi connectivity index (χ3n) is 3.51. The van der Waals surface area contributed by atoms with Crippen molar-refractivity contribution < 1.29 is 19.1 Å². The number of hydrogen-bond acceptors (Lipinski definition) is 4. The molecule has 5 heteroatoms. The number of ether oxygens (including phenoxy) is 1. The fourth-order valence-corrected chi connectivity index (χ4v) is 2.68. The number of terminal acetylenes is 1. The molecule has 0 fully saturated rings. The molecule has 0 aromatic rings. The summed E-state index contributed by atoms with van der Waals surface area (Å²) in [5.74, 6) is 1.63. The van der Waals surface area contributed by atoms with E-state index in [4.69, 9.17) is 11.2 Å². The van der Waals surface area contributed by atoms with Gasteiger partial charge in [0.25, 0.3) is 0 Å². The Bertz CT molecular complexity index is 494. The maximum absolute atomic E-state index is 12.4. The second kappa shape index (κ2) is 11.8. The van der Waals surface area contributed by atoms with Crippen molar-refractivity contribution in [2.75, 3.05) is 6.61 Å². The van der Waals surface area contributed by atoms with Crippen LogP contribution in [-0.2, 0) is 19.1 Å². The summed E-state index contributed by atoms with van der Waals surface area (Å²) in [7, 11) is -1.30. The number of rotatable bonds is 12. The molecule has 24 heavy (non-hydrogen) atoms. The van der Waals surface area contributed by atoms with E-state index in [0.717, 1.165) is 18.8 Å². The van der Waals surface area contributed by atoms with Gasteiger partial charge in [0, 0.05) is 27.3 Å². The number of esters is 1. The van der Waals surface area contributed by atoms with E-state index in [2.05, 4.69) is 25.6 Å². The summed E-state index contributed by atoms with van der Waals surface area (Å²) in [5, 5.41) is 0. The quantitative estimate of drug-likeness (QED) is 0.0785. The largest absolute Gasteiger partial charge is 0.462 e. The number of carbonyl (C=O) groups excluding carboxylic acids is 3. The molecule has 0 aromatic carbocycles. The van der Waals surface area contributed by atoms with Crippen LogP contribution in [0.25, 0.3) is 0 Å². The lowest BCUT2D eigenvalue weighted by Crippen LogP contribution is -2.24. The molecular formula is C19H30O4Si. The third kappa shape index (κ3) is 11.0. The summed E-state index contributed by atoms with van der Waals surface area (Å²) < 4.78 is 5.30. The Labute approximate surface area is 147 Å². The first kappa shape index (κ1) is 22.3. The zero-order valence-corrected chi connectivity index (χ0v) is 16.4. The van der Waals surface area contributed by atoms with Crippen molar-refractivity contribution in [3.8, 4) is 12.3 Å². The molecule has 0 unspecified atom stereocenters. The van der Waals surface area contributed by atoms with Gasteiger partial charge in [-0.1, -0.05) is 32.6 Å². The summed E-state index contributed by atoms with van der Waals surface area (Å²) in [4.78, 5) is 35.2. The minimum Gasteiger partial charge on any atom is -0.462 e. The fourth-order valence-electron chi connectivity index (χ4n) is 1.96. The van der Waals surface area contributed by atoms with Crippen molar-refractivity contribution in [1.82, 2.24) is 0 Å². The molecular weight excluding hydrogens is 320 g/mol. The van der Waals surface area contributed by atoms with Gasteiger partial charge in [0.15, 0.2) is 5.78 Å². The van der Waals surface area contributed by atoms with E-state index in [1.54, 1.807) is 6.08 Å². The number of hydrogen-bond donors (Lipinski definition) is 0. The molecule has 0 saturated heterocycles. The average molecular weight is 351 g/mol. The number of allylic oxidation sites excluding steroid dienone is 1. The van der Waals surface area contributed by atoms with Gasteiger partial charge in [0.2, 0.25) is 0 Å². The Hall–Kier alpha value is -1.67. The Kier molecular flexibility index (Phi) is 11.0. The third-order valence-corrected chi connectivity index (χ3v) is 5.22. The molecule has 1 atom stereocenters. The Balaban J connectivity index is 4.84. The van der Waals surface area contributed by atoms with Gasteiger partial charge in [-0.15, -0.1) is 12.3 Å². The predicted molar refractivity (Wildman–Crippen MR) is 99.3 cm³/mol. The SMILES string of the molecule is C#CCCCC=C(C(=O)C[C@@H](C)CC=O)C(=O)OCC[Si](C)(C)C. The normalized spacial score (nSPS) is 13.0. The van der Waals surface area contributed by atoms with E-state index in [1.165, 1.54) is 0 Å². The molecule has 0 aliphatic rings. The summed E-state index contributed by atoms with van der Waals surface area (Å²) in [6.45, 7) is 8.75. The van der Waals surface area contributed by atoms with E-state index in [1.807, 2.05) is 6.92 Å². The lowest BCUT2D eigenvalue weighted by atomic mass is 9.96. The molecule has 0 heterocycles. The van der Waals surface area contributed by atoms with Crippen molar-refractivity contribution in [1.29, 1.82) is 0 Å². The molecule has 0 amide bonds. The van der Waals surface area contributed by atoms with E-state index in [0.29, 0.717) is 25.9 Å². The first-order chi connectivity index (χ1) is 11.2. The second-order valence-electron chi connectivity index (χ2n) is 7.30. The van der Waals surface area contributed by atoms with E-state index in [9.17, 15) is 14.4 Å². The molecule has 0 aliphatic carbocycles. The first-order valence-electron chi connectivity index (χ1n) is 8.49. The van der Waals surface area contributed by atoms with Crippen LogP contribution >= 0.6 is 0 Å². The minimum absolute atomic E-state index is 0.0844. The van der Waals surface area contributed by atoms with Crippen LogP contribution in [0.2, 0.25) is 25.7 Å². The Morgan fingerprint density at radius 1 is 1.29 bits per heavy atom. The molecule has 0 rings (SSSR count). The molecule has 0 aliphatic heterocycles. The second-order valence-corrected chi connectivity index (χ2v) is 12.9. The standard InChI is InChI=1S/C19H30O4Si/c1-6-7-8-9-10-17(18(21)15-16(2)11-12-20)19(22)23-13-14-24(3,4)5/h1,10,12,16H,7-9,11,13-15H2,2-5H3/t16-/m0/s1. The van der Waals surface area contributed by atoms with Crippen LogP contribution in [0.15, 0.2) is 11.6 Å². The van der Waals surface area contributed by atoms with Crippen LogP contribution in [0.3, 0.4) is 0 Å².